The average molecular weight is 293 g/mol. The Morgan fingerprint density at radius 1 is 1.40 bits per heavy atom. The van der Waals surface area contributed by atoms with Crippen LogP contribution < -0.4 is 0 Å². The number of amides is 1. The van der Waals surface area contributed by atoms with Gasteiger partial charge in [0.25, 0.3) is 0 Å². The van der Waals surface area contributed by atoms with E-state index in [0.29, 0.717) is 11.9 Å². The van der Waals surface area contributed by atoms with Gasteiger partial charge < -0.3 is 9.64 Å². The summed E-state index contributed by atoms with van der Waals surface area (Å²) in [4.78, 5) is 14.0. The van der Waals surface area contributed by atoms with Gasteiger partial charge in [-0.15, -0.1) is 0 Å². The minimum Gasteiger partial charge on any atom is -0.372 e. The molecule has 3 nitrogen and oxygen atoms in total. The number of thioether (sulfide) groups is 1. The van der Waals surface area contributed by atoms with Gasteiger partial charge in [0, 0.05) is 30.7 Å². The van der Waals surface area contributed by atoms with Crippen molar-refractivity contribution in [3.8, 4) is 0 Å². The van der Waals surface area contributed by atoms with Crippen molar-refractivity contribution in [2.24, 2.45) is 0 Å². The number of carbonyl (C=O) groups is 1. The summed E-state index contributed by atoms with van der Waals surface area (Å²) in [5.74, 6) is 1.12. The predicted molar refractivity (Wildman–Crippen MR) is 84.1 cm³/mol. The smallest absolute Gasteiger partial charge is 0.248 e. The summed E-state index contributed by atoms with van der Waals surface area (Å²) in [5, 5.41) is 0.501. The van der Waals surface area contributed by atoms with Gasteiger partial charge in [-0.2, -0.15) is 11.8 Å². The van der Waals surface area contributed by atoms with Crippen molar-refractivity contribution in [2.75, 3.05) is 32.1 Å². The van der Waals surface area contributed by atoms with E-state index >= 15 is 0 Å². The van der Waals surface area contributed by atoms with E-state index in [2.05, 4.69) is 31.2 Å². The Hall–Kier alpha value is -1.00. The molecule has 2 rings (SSSR count). The van der Waals surface area contributed by atoms with Gasteiger partial charge in [-0.25, -0.2) is 0 Å². The van der Waals surface area contributed by atoms with E-state index < -0.39 is 0 Å². The van der Waals surface area contributed by atoms with Gasteiger partial charge in [-0.1, -0.05) is 24.3 Å². The lowest BCUT2D eigenvalue weighted by molar-refractivity contribution is -0.135. The number of carbonyl (C=O) groups excluding carboxylic acids is 1. The maximum Gasteiger partial charge on any atom is 0.248 e. The topological polar surface area (TPSA) is 29.5 Å². The molecule has 0 bridgehead atoms. The standard InChI is InChI=1S/C16H23NO2S/c1-3-19-12-16(18)17-9-8-15(20-11-10-17)14-7-5-4-6-13(14)2/h4-7,15H,3,8-12H2,1-2H3. The molecular weight excluding hydrogens is 270 g/mol. The van der Waals surface area contributed by atoms with Crippen LogP contribution in [0.15, 0.2) is 24.3 Å². The summed E-state index contributed by atoms with van der Waals surface area (Å²) in [5.41, 5.74) is 2.76. The van der Waals surface area contributed by atoms with Crippen LogP contribution in [0.25, 0.3) is 0 Å². The highest BCUT2D eigenvalue weighted by atomic mass is 32.2. The van der Waals surface area contributed by atoms with Crippen molar-refractivity contribution in [3.05, 3.63) is 35.4 Å². The average Bonchev–Trinajstić information content (AvgIpc) is 2.71. The highest BCUT2D eigenvalue weighted by Crippen LogP contribution is 2.35. The molecule has 4 heteroatoms. The van der Waals surface area contributed by atoms with Gasteiger partial charge in [0.2, 0.25) is 5.91 Å². The van der Waals surface area contributed by atoms with E-state index in [-0.39, 0.29) is 12.5 Å². The predicted octanol–water partition coefficient (Wildman–Crippen LogP) is 3.04. The normalized spacial score (nSPS) is 19.7. The van der Waals surface area contributed by atoms with Crippen molar-refractivity contribution in [1.29, 1.82) is 0 Å². The van der Waals surface area contributed by atoms with E-state index in [1.165, 1.54) is 11.1 Å². The zero-order chi connectivity index (χ0) is 14.4. The lowest BCUT2D eigenvalue weighted by Crippen LogP contribution is -2.35. The Bertz CT molecular complexity index is 450. The summed E-state index contributed by atoms with van der Waals surface area (Å²) in [6, 6.07) is 8.56. The van der Waals surface area contributed by atoms with E-state index in [9.17, 15) is 4.79 Å². The Labute approximate surface area is 125 Å². The Morgan fingerprint density at radius 2 is 2.20 bits per heavy atom. The maximum absolute atomic E-state index is 12.0. The largest absolute Gasteiger partial charge is 0.372 e. The third-order valence-electron chi connectivity index (χ3n) is 3.66. The third-order valence-corrected chi connectivity index (χ3v) is 4.97. The molecule has 0 spiro atoms. The molecule has 1 aromatic rings. The lowest BCUT2D eigenvalue weighted by atomic mass is 10.0. The first kappa shape index (κ1) is 15.4. The zero-order valence-corrected chi connectivity index (χ0v) is 13.1. The molecule has 110 valence electrons. The molecule has 0 aliphatic carbocycles. The first-order chi connectivity index (χ1) is 9.72. The molecule has 1 heterocycles. The quantitative estimate of drug-likeness (QED) is 0.854. The van der Waals surface area contributed by atoms with Crippen LogP contribution in [0.1, 0.15) is 29.7 Å². The summed E-state index contributed by atoms with van der Waals surface area (Å²) in [6.07, 6.45) is 1.02. The van der Waals surface area contributed by atoms with Crippen LogP contribution in [0.2, 0.25) is 0 Å². The number of hydrogen-bond donors (Lipinski definition) is 0. The summed E-state index contributed by atoms with van der Waals surface area (Å²) < 4.78 is 5.22. The SMILES string of the molecule is CCOCC(=O)N1CCSC(c2ccccc2C)CC1. The van der Waals surface area contributed by atoms with Gasteiger partial charge in [0.05, 0.1) is 0 Å². The highest BCUT2D eigenvalue weighted by molar-refractivity contribution is 7.99. The zero-order valence-electron chi connectivity index (χ0n) is 12.3. The summed E-state index contributed by atoms with van der Waals surface area (Å²) in [7, 11) is 0. The molecule has 1 unspecified atom stereocenters. The highest BCUT2D eigenvalue weighted by Gasteiger charge is 2.22. The van der Waals surface area contributed by atoms with Crippen LogP contribution in [-0.2, 0) is 9.53 Å². The van der Waals surface area contributed by atoms with Crippen molar-refractivity contribution in [1.82, 2.24) is 4.90 Å². The number of ether oxygens (including phenoxy) is 1. The maximum atomic E-state index is 12.0. The van der Waals surface area contributed by atoms with Gasteiger partial charge in [0.1, 0.15) is 6.61 Å². The van der Waals surface area contributed by atoms with E-state index in [1.54, 1.807) is 0 Å². The van der Waals surface area contributed by atoms with E-state index in [4.69, 9.17) is 4.74 Å². The van der Waals surface area contributed by atoms with Gasteiger partial charge in [-0.3, -0.25) is 4.79 Å². The minimum absolute atomic E-state index is 0.123. The lowest BCUT2D eigenvalue weighted by Gasteiger charge is -2.20. The van der Waals surface area contributed by atoms with E-state index in [0.717, 1.165) is 25.3 Å². The number of benzene rings is 1. The second kappa shape index (κ2) is 7.70. The molecule has 1 saturated heterocycles. The molecule has 1 amide bonds. The van der Waals surface area contributed by atoms with Crippen LogP contribution >= 0.6 is 11.8 Å². The van der Waals surface area contributed by atoms with Crippen molar-refractivity contribution in [2.45, 2.75) is 25.5 Å². The van der Waals surface area contributed by atoms with Crippen LogP contribution in [0, 0.1) is 6.92 Å². The summed E-state index contributed by atoms with van der Waals surface area (Å²) >= 11 is 1.96. The molecule has 0 aromatic heterocycles. The summed E-state index contributed by atoms with van der Waals surface area (Å²) in [6.45, 7) is 6.56. The molecule has 1 aliphatic rings. The second-order valence-electron chi connectivity index (χ2n) is 5.02. The molecule has 0 N–H and O–H groups in total. The molecule has 1 atom stereocenters. The van der Waals surface area contributed by atoms with Crippen LogP contribution in [0.5, 0.6) is 0 Å². The number of hydrogen-bond acceptors (Lipinski definition) is 3. The molecule has 1 fully saturated rings. The second-order valence-corrected chi connectivity index (χ2v) is 6.33. The van der Waals surface area contributed by atoms with Crippen LogP contribution in [-0.4, -0.2) is 42.9 Å². The molecule has 0 saturated carbocycles. The Balaban J connectivity index is 1.95. The first-order valence-corrected chi connectivity index (χ1v) is 8.30. The van der Waals surface area contributed by atoms with Crippen LogP contribution in [0.4, 0.5) is 0 Å². The molecule has 1 aliphatic heterocycles. The number of nitrogens with zero attached hydrogens (tertiary/aromatic N) is 1. The molecule has 1 aromatic carbocycles. The van der Waals surface area contributed by atoms with Gasteiger partial charge >= 0.3 is 0 Å². The van der Waals surface area contributed by atoms with Gasteiger partial charge in [-0.05, 0) is 31.4 Å². The Kier molecular flexibility index (Phi) is 5.92. The molecule has 20 heavy (non-hydrogen) atoms. The fraction of sp³-hybridized carbons (Fsp3) is 0.562. The van der Waals surface area contributed by atoms with E-state index in [1.807, 2.05) is 23.6 Å². The van der Waals surface area contributed by atoms with Crippen molar-refractivity contribution >= 4 is 17.7 Å². The fourth-order valence-electron chi connectivity index (χ4n) is 2.50. The van der Waals surface area contributed by atoms with Crippen molar-refractivity contribution in [3.63, 3.8) is 0 Å². The van der Waals surface area contributed by atoms with Crippen LogP contribution in [0.3, 0.4) is 0 Å². The Morgan fingerprint density at radius 3 is 2.95 bits per heavy atom. The number of aryl methyl sites for hydroxylation is 1. The van der Waals surface area contributed by atoms with Crippen molar-refractivity contribution < 1.29 is 9.53 Å². The minimum atomic E-state index is 0.123. The molecular formula is C16H23NO2S. The number of rotatable bonds is 4. The first-order valence-electron chi connectivity index (χ1n) is 7.25. The molecule has 0 radical (unpaired) electrons. The third kappa shape index (κ3) is 4.00. The monoisotopic (exact) mass is 293 g/mol. The fourth-order valence-corrected chi connectivity index (χ4v) is 3.82. The van der Waals surface area contributed by atoms with Gasteiger partial charge in [0.15, 0.2) is 0 Å².